The van der Waals surface area contributed by atoms with Crippen molar-refractivity contribution in [2.75, 3.05) is 32.8 Å². The summed E-state index contributed by atoms with van der Waals surface area (Å²) in [4.78, 5) is 16.6. The minimum absolute atomic E-state index is 0.0797. The molecule has 128 valence electrons. The fourth-order valence-electron chi connectivity index (χ4n) is 2.94. The topological polar surface area (TPSA) is 45.9 Å². The molecule has 3 rings (SSSR count). The predicted octanol–water partition coefficient (Wildman–Crippen LogP) is 2.53. The van der Waals surface area contributed by atoms with Gasteiger partial charge < -0.3 is 14.1 Å². The Balaban J connectivity index is 1.41. The largest absolute Gasteiger partial charge is 0.472 e. The van der Waals surface area contributed by atoms with Gasteiger partial charge in [-0.2, -0.15) is 0 Å². The zero-order chi connectivity index (χ0) is 16.6. The van der Waals surface area contributed by atoms with Crippen molar-refractivity contribution in [2.45, 2.75) is 19.6 Å². The van der Waals surface area contributed by atoms with Crippen LogP contribution in [-0.4, -0.2) is 48.5 Å². The molecule has 1 aromatic carbocycles. The highest BCUT2D eigenvalue weighted by molar-refractivity contribution is 5.77. The van der Waals surface area contributed by atoms with Crippen LogP contribution >= 0.6 is 0 Å². The van der Waals surface area contributed by atoms with Crippen LogP contribution in [0.5, 0.6) is 0 Å². The Bertz CT molecular complexity index is 613. The van der Waals surface area contributed by atoms with Gasteiger partial charge >= 0.3 is 0 Å². The highest BCUT2D eigenvalue weighted by Gasteiger charge is 2.19. The van der Waals surface area contributed by atoms with Crippen molar-refractivity contribution in [1.82, 2.24) is 9.80 Å². The molecule has 1 aromatic heterocycles. The van der Waals surface area contributed by atoms with Gasteiger partial charge in [0.2, 0.25) is 5.91 Å². The molecule has 0 radical (unpaired) electrons. The summed E-state index contributed by atoms with van der Waals surface area (Å²) in [5.41, 5.74) is 2.27. The lowest BCUT2D eigenvalue weighted by atomic mass is 10.2. The molecule has 1 amide bonds. The van der Waals surface area contributed by atoms with E-state index < -0.39 is 0 Å². The van der Waals surface area contributed by atoms with E-state index in [0.717, 1.165) is 44.7 Å². The van der Waals surface area contributed by atoms with Crippen LogP contribution in [0.15, 0.2) is 53.3 Å². The Labute approximate surface area is 142 Å². The Morgan fingerprint density at radius 1 is 1.04 bits per heavy atom. The molecule has 1 saturated heterocycles. The van der Waals surface area contributed by atoms with Crippen molar-refractivity contribution in [3.05, 3.63) is 60.1 Å². The summed E-state index contributed by atoms with van der Waals surface area (Å²) in [6.45, 7) is 4.95. The SMILES string of the molecule is O=C(COCc1ccccc1)N1CCCN(Cc2ccoc2)CC1. The number of furan rings is 1. The van der Waals surface area contributed by atoms with Gasteiger partial charge in [-0.25, -0.2) is 0 Å². The van der Waals surface area contributed by atoms with Gasteiger partial charge in [0.05, 0.1) is 19.1 Å². The molecule has 1 fully saturated rings. The maximum Gasteiger partial charge on any atom is 0.248 e. The van der Waals surface area contributed by atoms with Crippen LogP contribution in [0.1, 0.15) is 17.5 Å². The Kier molecular flexibility index (Phi) is 6.04. The van der Waals surface area contributed by atoms with Gasteiger partial charge in [0, 0.05) is 38.3 Å². The molecule has 5 nitrogen and oxygen atoms in total. The first-order valence-corrected chi connectivity index (χ1v) is 8.44. The molecule has 1 aliphatic rings. The van der Waals surface area contributed by atoms with Crippen LogP contribution in [0.3, 0.4) is 0 Å². The summed E-state index contributed by atoms with van der Waals surface area (Å²) in [5, 5.41) is 0. The molecule has 0 aliphatic carbocycles. The molecule has 24 heavy (non-hydrogen) atoms. The number of carbonyl (C=O) groups is 1. The molecule has 5 heteroatoms. The van der Waals surface area contributed by atoms with E-state index in [-0.39, 0.29) is 12.5 Å². The maximum atomic E-state index is 12.3. The molecule has 0 spiro atoms. The van der Waals surface area contributed by atoms with Gasteiger partial charge in [0.25, 0.3) is 0 Å². The molecule has 0 saturated carbocycles. The third kappa shape index (κ3) is 4.94. The predicted molar refractivity (Wildman–Crippen MR) is 91.3 cm³/mol. The number of amides is 1. The minimum Gasteiger partial charge on any atom is -0.472 e. The smallest absolute Gasteiger partial charge is 0.248 e. The van der Waals surface area contributed by atoms with Gasteiger partial charge in [-0.15, -0.1) is 0 Å². The third-order valence-electron chi connectivity index (χ3n) is 4.26. The first kappa shape index (κ1) is 16.7. The van der Waals surface area contributed by atoms with Gasteiger partial charge in [-0.3, -0.25) is 9.69 Å². The Morgan fingerprint density at radius 2 is 1.92 bits per heavy atom. The molecule has 0 atom stereocenters. The third-order valence-corrected chi connectivity index (χ3v) is 4.26. The summed E-state index contributed by atoms with van der Waals surface area (Å²) in [5.74, 6) is 0.0797. The second kappa shape index (κ2) is 8.66. The molecule has 1 aliphatic heterocycles. The molecule has 0 unspecified atom stereocenters. The van der Waals surface area contributed by atoms with E-state index >= 15 is 0 Å². The van der Waals surface area contributed by atoms with E-state index in [2.05, 4.69) is 4.90 Å². The zero-order valence-corrected chi connectivity index (χ0v) is 13.9. The Hall–Kier alpha value is -2.11. The molecule has 0 N–H and O–H groups in total. The highest BCUT2D eigenvalue weighted by Crippen LogP contribution is 2.10. The first-order valence-electron chi connectivity index (χ1n) is 8.44. The normalized spacial score (nSPS) is 16.1. The van der Waals surface area contributed by atoms with Crippen molar-refractivity contribution in [1.29, 1.82) is 0 Å². The lowest BCUT2D eigenvalue weighted by Gasteiger charge is -2.21. The zero-order valence-electron chi connectivity index (χ0n) is 13.9. The van der Waals surface area contributed by atoms with Crippen molar-refractivity contribution in [2.24, 2.45) is 0 Å². The fraction of sp³-hybridized carbons (Fsp3) is 0.421. The number of nitrogens with zero attached hydrogens (tertiary/aromatic N) is 2. The second-order valence-corrected chi connectivity index (χ2v) is 6.12. The number of ether oxygens (including phenoxy) is 1. The lowest BCUT2D eigenvalue weighted by Crippen LogP contribution is -2.37. The standard InChI is InChI=1S/C19H24N2O3/c22-19(16-24-14-17-5-2-1-3-6-17)21-9-4-8-20(10-11-21)13-18-7-12-23-15-18/h1-3,5-7,12,15H,4,8-11,13-14,16H2. The number of benzene rings is 1. The van der Waals surface area contributed by atoms with Crippen molar-refractivity contribution < 1.29 is 13.9 Å². The Morgan fingerprint density at radius 3 is 2.71 bits per heavy atom. The summed E-state index contributed by atoms with van der Waals surface area (Å²) >= 11 is 0. The summed E-state index contributed by atoms with van der Waals surface area (Å²) < 4.78 is 10.7. The van der Waals surface area contributed by atoms with E-state index in [1.54, 1.807) is 12.5 Å². The van der Waals surface area contributed by atoms with Crippen LogP contribution in [-0.2, 0) is 22.7 Å². The summed E-state index contributed by atoms with van der Waals surface area (Å²) in [6, 6.07) is 11.9. The quantitative estimate of drug-likeness (QED) is 0.817. The number of rotatable bonds is 6. The van der Waals surface area contributed by atoms with Gasteiger partial charge in [-0.05, 0) is 18.1 Å². The minimum atomic E-state index is 0.0797. The number of hydrogen-bond donors (Lipinski definition) is 0. The number of hydrogen-bond acceptors (Lipinski definition) is 4. The van der Waals surface area contributed by atoms with Gasteiger partial charge in [0.15, 0.2) is 0 Å². The average molecular weight is 328 g/mol. The van der Waals surface area contributed by atoms with Crippen LogP contribution < -0.4 is 0 Å². The molecular formula is C19H24N2O3. The van der Waals surface area contributed by atoms with E-state index in [1.807, 2.05) is 41.3 Å². The van der Waals surface area contributed by atoms with E-state index in [1.165, 1.54) is 5.56 Å². The highest BCUT2D eigenvalue weighted by atomic mass is 16.5. The second-order valence-electron chi connectivity index (χ2n) is 6.12. The molecular weight excluding hydrogens is 304 g/mol. The van der Waals surface area contributed by atoms with E-state index in [9.17, 15) is 4.79 Å². The molecule has 0 bridgehead atoms. The van der Waals surface area contributed by atoms with E-state index in [4.69, 9.17) is 9.15 Å². The summed E-state index contributed by atoms with van der Waals surface area (Å²) in [7, 11) is 0. The first-order chi connectivity index (χ1) is 11.8. The van der Waals surface area contributed by atoms with E-state index in [0.29, 0.717) is 6.61 Å². The molecule has 2 heterocycles. The van der Waals surface area contributed by atoms with Crippen LogP contribution in [0.2, 0.25) is 0 Å². The van der Waals surface area contributed by atoms with Gasteiger partial charge in [-0.1, -0.05) is 30.3 Å². The van der Waals surface area contributed by atoms with Crippen molar-refractivity contribution >= 4 is 5.91 Å². The maximum absolute atomic E-state index is 12.3. The van der Waals surface area contributed by atoms with Crippen molar-refractivity contribution in [3.63, 3.8) is 0 Å². The number of carbonyl (C=O) groups excluding carboxylic acids is 1. The molecule has 2 aromatic rings. The van der Waals surface area contributed by atoms with Crippen LogP contribution in [0.25, 0.3) is 0 Å². The lowest BCUT2D eigenvalue weighted by molar-refractivity contribution is -0.136. The van der Waals surface area contributed by atoms with Crippen LogP contribution in [0, 0.1) is 0 Å². The average Bonchev–Trinajstić information content (AvgIpc) is 3.00. The van der Waals surface area contributed by atoms with Crippen LogP contribution in [0.4, 0.5) is 0 Å². The summed E-state index contributed by atoms with van der Waals surface area (Å²) in [6.07, 6.45) is 4.47. The van der Waals surface area contributed by atoms with Crippen molar-refractivity contribution in [3.8, 4) is 0 Å². The fourth-order valence-corrected chi connectivity index (χ4v) is 2.94. The van der Waals surface area contributed by atoms with Gasteiger partial charge in [0.1, 0.15) is 6.61 Å². The monoisotopic (exact) mass is 328 g/mol.